The summed E-state index contributed by atoms with van der Waals surface area (Å²) in [4.78, 5) is 18.7. The molecule has 2 aromatic heterocycles. The third kappa shape index (κ3) is 2.92. The summed E-state index contributed by atoms with van der Waals surface area (Å²) in [6.45, 7) is 0. The molecule has 5 rings (SSSR count). The lowest BCUT2D eigenvalue weighted by atomic mass is 9.81. The molecule has 0 saturated heterocycles. The summed E-state index contributed by atoms with van der Waals surface area (Å²) in [5, 5.41) is 9.77. The summed E-state index contributed by atoms with van der Waals surface area (Å²) in [5.41, 5.74) is 2.89. The molecule has 2 aliphatic rings. The van der Waals surface area contributed by atoms with Gasteiger partial charge in [-0.1, -0.05) is 48.6 Å². The fourth-order valence-electron chi connectivity index (χ4n) is 3.86. The summed E-state index contributed by atoms with van der Waals surface area (Å²) in [6, 6.07) is 14.0. The number of ketones is 1. The highest BCUT2D eigenvalue weighted by atomic mass is 32.1. The second kappa shape index (κ2) is 6.63. The van der Waals surface area contributed by atoms with E-state index in [9.17, 15) is 4.79 Å². The van der Waals surface area contributed by atoms with Crippen molar-refractivity contribution in [1.29, 1.82) is 0 Å². The molecule has 0 radical (unpaired) electrons. The largest absolute Gasteiger partial charge is 0.328 e. The number of nitrogens with one attached hydrogen (secondary N) is 1. The zero-order valence-electron chi connectivity index (χ0n) is 14.6. The summed E-state index contributed by atoms with van der Waals surface area (Å²) in [5.74, 6) is 1.11. The lowest BCUT2D eigenvalue weighted by molar-refractivity contribution is -0.116. The SMILES string of the molecule is O=C1C[C@@H](c2cccs2)CC2=C1[C@H](/C=C/c1ccccc1)n1ncnc1N2. The van der Waals surface area contributed by atoms with Crippen LogP contribution in [-0.2, 0) is 4.79 Å². The van der Waals surface area contributed by atoms with Gasteiger partial charge in [-0.05, 0) is 23.4 Å². The van der Waals surface area contributed by atoms with Crippen molar-refractivity contribution in [1.82, 2.24) is 14.8 Å². The summed E-state index contributed by atoms with van der Waals surface area (Å²) in [7, 11) is 0. The Bertz CT molecular complexity index is 1030. The van der Waals surface area contributed by atoms with Crippen LogP contribution in [0.1, 0.15) is 35.2 Å². The Morgan fingerprint density at radius 2 is 2.04 bits per heavy atom. The van der Waals surface area contributed by atoms with E-state index >= 15 is 0 Å². The van der Waals surface area contributed by atoms with Gasteiger partial charge in [0.1, 0.15) is 12.4 Å². The number of hydrogen-bond acceptors (Lipinski definition) is 5. The molecule has 1 N–H and O–H groups in total. The molecule has 134 valence electrons. The van der Waals surface area contributed by atoms with Crippen molar-refractivity contribution < 1.29 is 4.79 Å². The van der Waals surface area contributed by atoms with Crippen LogP contribution in [-0.4, -0.2) is 20.5 Å². The molecular weight excluding hydrogens is 356 g/mol. The van der Waals surface area contributed by atoms with Crippen molar-refractivity contribution in [3.8, 4) is 0 Å². The highest BCUT2D eigenvalue weighted by molar-refractivity contribution is 7.10. The van der Waals surface area contributed by atoms with Gasteiger partial charge in [-0.15, -0.1) is 11.3 Å². The maximum atomic E-state index is 13.1. The van der Waals surface area contributed by atoms with Crippen LogP contribution in [0.15, 0.2) is 71.5 Å². The zero-order chi connectivity index (χ0) is 18.2. The number of allylic oxidation sites excluding steroid dienone is 3. The van der Waals surface area contributed by atoms with Crippen LogP contribution >= 0.6 is 11.3 Å². The number of rotatable bonds is 3. The number of carbonyl (C=O) groups excluding carboxylic acids is 1. The fraction of sp³-hybridized carbons (Fsp3) is 0.190. The number of benzene rings is 1. The molecule has 3 heterocycles. The quantitative estimate of drug-likeness (QED) is 0.737. The normalized spacial score (nSPS) is 21.9. The predicted molar refractivity (Wildman–Crippen MR) is 106 cm³/mol. The van der Waals surface area contributed by atoms with Gasteiger partial charge in [-0.2, -0.15) is 10.1 Å². The molecule has 0 unspecified atom stereocenters. The van der Waals surface area contributed by atoms with Crippen LogP contribution < -0.4 is 5.32 Å². The van der Waals surface area contributed by atoms with Crippen molar-refractivity contribution in [2.24, 2.45) is 0 Å². The molecule has 0 fully saturated rings. The maximum Gasteiger partial charge on any atom is 0.226 e. The highest BCUT2D eigenvalue weighted by Crippen LogP contribution is 2.42. The number of aromatic nitrogens is 3. The lowest BCUT2D eigenvalue weighted by Crippen LogP contribution is -2.32. The molecule has 0 bridgehead atoms. The van der Waals surface area contributed by atoms with Gasteiger partial charge in [0.05, 0.1) is 0 Å². The first-order valence-electron chi connectivity index (χ1n) is 8.99. The molecule has 2 atom stereocenters. The monoisotopic (exact) mass is 374 g/mol. The summed E-state index contributed by atoms with van der Waals surface area (Å²) >= 11 is 1.72. The molecule has 1 aliphatic carbocycles. The van der Waals surface area contributed by atoms with E-state index in [2.05, 4.69) is 26.8 Å². The molecule has 5 nitrogen and oxygen atoms in total. The Kier molecular flexibility index (Phi) is 3.98. The van der Waals surface area contributed by atoms with Gasteiger partial charge in [-0.3, -0.25) is 4.79 Å². The first-order valence-corrected chi connectivity index (χ1v) is 9.87. The van der Waals surface area contributed by atoms with E-state index in [0.717, 1.165) is 23.3 Å². The van der Waals surface area contributed by atoms with Gasteiger partial charge < -0.3 is 5.32 Å². The van der Waals surface area contributed by atoms with Crippen molar-refractivity contribution in [2.75, 3.05) is 5.32 Å². The van der Waals surface area contributed by atoms with Crippen LogP contribution in [0.5, 0.6) is 0 Å². The van der Waals surface area contributed by atoms with Crippen LogP contribution in [0.25, 0.3) is 6.08 Å². The Hall–Kier alpha value is -2.99. The molecule has 1 aromatic carbocycles. The molecule has 0 amide bonds. The number of thiophene rings is 1. The van der Waals surface area contributed by atoms with E-state index in [0.29, 0.717) is 12.4 Å². The molecule has 27 heavy (non-hydrogen) atoms. The first kappa shape index (κ1) is 16.2. The van der Waals surface area contributed by atoms with Crippen molar-refractivity contribution >= 4 is 29.1 Å². The van der Waals surface area contributed by atoms with Gasteiger partial charge in [-0.25, -0.2) is 4.68 Å². The van der Waals surface area contributed by atoms with Crippen molar-refractivity contribution in [3.63, 3.8) is 0 Å². The smallest absolute Gasteiger partial charge is 0.226 e. The average molecular weight is 374 g/mol. The highest BCUT2D eigenvalue weighted by Gasteiger charge is 2.37. The topological polar surface area (TPSA) is 59.8 Å². The molecule has 6 heteroatoms. The second-order valence-electron chi connectivity index (χ2n) is 6.80. The predicted octanol–water partition coefficient (Wildman–Crippen LogP) is 4.42. The van der Waals surface area contributed by atoms with Gasteiger partial charge >= 0.3 is 0 Å². The fourth-order valence-corrected chi connectivity index (χ4v) is 4.69. The van der Waals surface area contributed by atoms with Crippen LogP contribution in [0.2, 0.25) is 0 Å². The number of Topliss-reactive ketones (excluding diaryl/α,β-unsaturated/α-hetero) is 1. The Balaban J connectivity index is 1.53. The number of carbonyl (C=O) groups is 1. The zero-order valence-corrected chi connectivity index (χ0v) is 15.4. The van der Waals surface area contributed by atoms with Crippen LogP contribution in [0, 0.1) is 0 Å². The Labute approximate surface area is 161 Å². The van der Waals surface area contributed by atoms with E-state index < -0.39 is 0 Å². The van der Waals surface area contributed by atoms with Gasteiger partial charge in [0, 0.05) is 28.5 Å². The molecule has 3 aromatic rings. The number of nitrogens with zero attached hydrogens (tertiary/aromatic N) is 3. The van der Waals surface area contributed by atoms with Gasteiger partial charge in [0.2, 0.25) is 5.95 Å². The molecule has 0 saturated carbocycles. The number of hydrogen-bond donors (Lipinski definition) is 1. The minimum absolute atomic E-state index is 0.186. The van der Waals surface area contributed by atoms with Crippen LogP contribution in [0.4, 0.5) is 5.95 Å². The third-order valence-corrected chi connectivity index (χ3v) is 6.15. The van der Waals surface area contributed by atoms with E-state index in [1.807, 2.05) is 48.6 Å². The van der Waals surface area contributed by atoms with Gasteiger partial charge in [0.25, 0.3) is 0 Å². The van der Waals surface area contributed by atoms with E-state index in [1.54, 1.807) is 16.0 Å². The lowest BCUT2D eigenvalue weighted by Gasteiger charge is -2.33. The second-order valence-corrected chi connectivity index (χ2v) is 7.78. The van der Waals surface area contributed by atoms with Crippen LogP contribution in [0.3, 0.4) is 0 Å². The van der Waals surface area contributed by atoms with Crippen molar-refractivity contribution in [3.05, 3.63) is 82.0 Å². The van der Waals surface area contributed by atoms with E-state index in [4.69, 9.17) is 0 Å². The molecular formula is C21H18N4OS. The number of anilines is 1. The molecule has 0 spiro atoms. The van der Waals surface area contributed by atoms with E-state index in [1.165, 1.54) is 11.2 Å². The third-order valence-electron chi connectivity index (χ3n) is 5.12. The maximum absolute atomic E-state index is 13.1. The average Bonchev–Trinajstić information content (AvgIpc) is 3.37. The van der Waals surface area contributed by atoms with Gasteiger partial charge in [0.15, 0.2) is 5.78 Å². The number of fused-ring (bicyclic) bond motifs is 1. The first-order chi connectivity index (χ1) is 13.3. The van der Waals surface area contributed by atoms with E-state index in [-0.39, 0.29) is 17.7 Å². The summed E-state index contributed by atoms with van der Waals surface area (Å²) in [6.07, 6.45) is 6.99. The Morgan fingerprint density at radius 3 is 2.85 bits per heavy atom. The van der Waals surface area contributed by atoms with Crippen molar-refractivity contribution in [2.45, 2.75) is 24.8 Å². The minimum atomic E-state index is -0.226. The molecule has 1 aliphatic heterocycles. The summed E-state index contributed by atoms with van der Waals surface area (Å²) < 4.78 is 1.79. The standard InChI is InChI=1S/C21H18N4OS/c26-18-12-15(19-7-4-10-27-19)11-16-20(18)17(25-21(24-16)22-13-23-25)9-8-14-5-2-1-3-6-14/h1-10,13,15,17H,11-12H2,(H,22,23,24)/b9-8+/t15-,17-/m0/s1. The minimum Gasteiger partial charge on any atom is -0.328 e. The Morgan fingerprint density at radius 1 is 1.15 bits per heavy atom.